The van der Waals surface area contributed by atoms with Crippen molar-refractivity contribution in [2.75, 3.05) is 18.1 Å². The molecule has 1 nitrogen and oxygen atoms in total. The van der Waals surface area contributed by atoms with Crippen LogP contribution in [-0.4, -0.2) is 24.1 Å². The summed E-state index contributed by atoms with van der Waals surface area (Å²) in [6.07, 6.45) is 4.04. The SMILES string of the molecule is CC(C)CCCNC1CSCC(C)(C)C1. The largest absolute Gasteiger partial charge is 0.313 e. The second kappa shape index (κ2) is 6.15. The first-order valence-electron chi connectivity index (χ1n) is 6.31. The van der Waals surface area contributed by atoms with E-state index in [9.17, 15) is 0 Å². The molecule has 0 aliphatic carbocycles. The predicted octanol–water partition coefficient (Wildman–Crippen LogP) is 3.54. The number of rotatable bonds is 5. The van der Waals surface area contributed by atoms with Crippen molar-refractivity contribution in [2.45, 2.75) is 53.0 Å². The van der Waals surface area contributed by atoms with Crippen molar-refractivity contribution in [3.05, 3.63) is 0 Å². The molecule has 1 heterocycles. The van der Waals surface area contributed by atoms with Gasteiger partial charge in [0.05, 0.1) is 0 Å². The fourth-order valence-corrected chi connectivity index (χ4v) is 3.52. The van der Waals surface area contributed by atoms with E-state index < -0.39 is 0 Å². The average Bonchev–Trinajstić information content (AvgIpc) is 2.10. The molecule has 1 fully saturated rings. The van der Waals surface area contributed by atoms with Gasteiger partial charge in [-0.3, -0.25) is 0 Å². The Labute approximate surface area is 99.8 Å². The summed E-state index contributed by atoms with van der Waals surface area (Å²) >= 11 is 2.11. The summed E-state index contributed by atoms with van der Waals surface area (Å²) in [5, 5.41) is 3.71. The van der Waals surface area contributed by atoms with Gasteiger partial charge >= 0.3 is 0 Å². The summed E-state index contributed by atoms with van der Waals surface area (Å²) in [5.41, 5.74) is 0.540. The Bertz CT molecular complexity index is 177. The van der Waals surface area contributed by atoms with Crippen LogP contribution in [0, 0.1) is 11.3 Å². The Morgan fingerprint density at radius 3 is 2.73 bits per heavy atom. The molecule has 1 atom stereocenters. The maximum absolute atomic E-state index is 3.71. The van der Waals surface area contributed by atoms with Crippen molar-refractivity contribution in [3.63, 3.8) is 0 Å². The number of thioether (sulfide) groups is 1. The number of hydrogen-bond donors (Lipinski definition) is 1. The molecule has 0 saturated carbocycles. The summed E-state index contributed by atoms with van der Waals surface area (Å²) in [7, 11) is 0. The van der Waals surface area contributed by atoms with Crippen molar-refractivity contribution in [2.24, 2.45) is 11.3 Å². The van der Waals surface area contributed by atoms with Gasteiger partial charge in [-0.15, -0.1) is 0 Å². The lowest BCUT2D eigenvalue weighted by Gasteiger charge is -2.35. The van der Waals surface area contributed by atoms with Gasteiger partial charge in [0.2, 0.25) is 0 Å². The topological polar surface area (TPSA) is 12.0 Å². The smallest absolute Gasteiger partial charge is 0.0163 e. The second-order valence-corrected chi connectivity index (χ2v) is 7.10. The number of hydrogen-bond acceptors (Lipinski definition) is 2. The minimum absolute atomic E-state index is 0.540. The van der Waals surface area contributed by atoms with Crippen LogP contribution in [0.25, 0.3) is 0 Å². The van der Waals surface area contributed by atoms with Crippen molar-refractivity contribution < 1.29 is 0 Å². The van der Waals surface area contributed by atoms with Gasteiger partial charge in [-0.05, 0) is 42.9 Å². The van der Waals surface area contributed by atoms with E-state index in [1.54, 1.807) is 0 Å². The zero-order chi connectivity index (χ0) is 11.3. The summed E-state index contributed by atoms with van der Waals surface area (Å²) < 4.78 is 0. The summed E-state index contributed by atoms with van der Waals surface area (Å²) in [4.78, 5) is 0. The van der Waals surface area contributed by atoms with Crippen LogP contribution in [0.5, 0.6) is 0 Å². The van der Waals surface area contributed by atoms with Gasteiger partial charge in [0, 0.05) is 11.8 Å². The highest BCUT2D eigenvalue weighted by atomic mass is 32.2. The van der Waals surface area contributed by atoms with Crippen LogP contribution in [-0.2, 0) is 0 Å². The highest BCUT2D eigenvalue weighted by Gasteiger charge is 2.27. The molecule has 1 saturated heterocycles. The van der Waals surface area contributed by atoms with Crippen LogP contribution in [0.2, 0.25) is 0 Å². The van der Waals surface area contributed by atoms with Gasteiger partial charge in [0.15, 0.2) is 0 Å². The second-order valence-electron chi connectivity index (χ2n) is 6.07. The Morgan fingerprint density at radius 1 is 1.40 bits per heavy atom. The first kappa shape index (κ1) is 13.4. The van der Waals surface area contributed by atoms with E-state index in [0.717, 1.165) is 12.0 Å². The van der Waals surface area contributed by atoms with Gasteiger partial charge in [0.1, 0.15) is 0 Å². The van der Waals surface area contributed by atoms with E-state index in [-0.39, 0.29) is 0 Å². The highest BCUT2D eigenvalue weighted by molar-refractivity contribution is 7.99. The molecule has 0 spiro atoms. The molecule has 1 unspecified atom stereocenters. The molecule has 1 aliphatic heterocycles. The third kappa shape index (κ3) is 5.82. The first-order chi connectivity index (χ1) is 6.99. The van der Waals surface area contributed by atoms with E-state index in [0.29, 0.717) is 5.41 Å². The molecule has 0 bridgehead atoms. The Morgan fingerprint density at radius 2 is 2.13 bits per heavy atom. The maximum Gasteiger partial charge on any atom is 0.0163 e. The zero-order valence-electron chi connectivity index (χ0n) is 10.8. The van der Waals surface area contributed by atoms with E-state index in [1.807, 2.05) is 0 Å². The van der Waals surface area contributed by atoms with Crippen molar-refractivity contribution >= 4 is 11.8 Å². The Hall–Kier alpha value is 0.310. The summed E-state index contributed by atoms with van der Waals surface area (Å²) in [6.45, 7) is 10.6. The Balaban J connectivity index is 2.11. The fraction of sp³-hybridized carbons (Fsp3) is 1.00. The third-order valence-corrected chi connectivity index (χ3v) is 4.63. The number of nitrogens with one attached hydrogen (secondary N) is 1. The standard InChI is InChI=1S/C13H27NS/c1-11(2)6-5-7-14-12-8-13(3,4)10-15-9-12/h11-12,14H,5-10H2,1-4H3. The van der Waals surface area contributed by atoms with Gasteiger partial charge in [-0.2, -0.15) is 11.8 Å². The molecule has 0 aromatic rings. The highest BCUT2D eigenvalue weighted by Crippen LogP contribution is 2.33. The van der Waals surface area contributed by atoms with Gasteiger partial charge in [-0.1, -0.05) is 27.7 Å². The molecule has 15 heavy (non-hydrogen) atoms. The zero-order valence-corrected chi connectivity index (χ0v) is 11.6. The maximum atomic E-state index is 3.71. The van der Waals surface area contributed by atoms with Crippen molar-refractivity contribution in [1.29, 1.82) is 0 Å². The van der Waals surface area contributed by atoms with Gasteiger partial charge < -0.3 is 5.32 Å². The molecule has 0 radical (unpaired) electrons. The van der Waals surface area contributed by atoms with Crippen molar-refractivity contribution in [1.82, 2.24) is 5.32 Å². The third-order valence-electron chi connectivity index (χ3n) is 3.00. The lowest BCUT2D eigenvalue weighted by Crippen LogP contribution is -2.40. The first-order valence-corrected chi connectivity index (χ1v) is 7.46. The lowest BCUT2D eigenvalue weighted by molar-refractivity contribution is 0.316. The summed E-state index contributed by atoms with van der Waals surface area (Å²) in [6, 6.07) is 0.755. The molecule has 0 amide bonds. The van der Waals surface area contributed by atoms with Gasteiger partial charge in [0.25, 0.3) is 0 Å². The van der Waals surface area contributed by atoms with E-state index in [4.69, 9.17) is 0 Å². The minimum Gasteiger partial charge on any atom is -0.313 e. The fourth-order valence-electron chi connectivity index (χ4n) is 2.21. The average molecular weight is 229 g/mol. The monoisotopic (exact) mass is 229 g/mol. The summed E-state index contributed by atoms with van der Waals surface area (Å²) in [5.74, 6) is 3.49. The van der Waals surface area contributed by atoms with Crippen LogP contribution in [0.15, 0.2) is 0 Å². The molecule has 1 rings (SSSR count). The molecule has 0 aromatic carbocycles. The van der Waals surface area contributed by atoms with Crippen LogP contribution in [0.4, 0.5) is 0 Å². The van der Waals surface area contributed by atoms with Gasteiger partial charge in [-0.25, -0.2) is 0 Å². The van der Waals surface area contributed by atoms with Crippen LogP contribution >= 0.6 is 11.8 Å². The molecular weight excluding hydrogens is 202 g/mol. The minimum atomic E-state index is 0.540. The van der Waals surface area contributed by atoms with Crippen LogP contribution in [0.1, 0.15) is 47.0 Å². The molecule has 0 aromatic heterocycles. The lowest BCUT2D eigenvalue weighted by atomic mass is 9.88. The quantitative estimate of drug-likeness (QED) is 0.724. The normalized spacial score (nSPS) is 25.8. The van der Waals surface area contributed by atoms with Crippen LogP contribution in [0.3, 0.4) is 0 Å². The van der Waals surface area contributed by atoms with Crippen LogP contribution < -0.4 is 5.32 Å². The van der Waals surface area contributed by atoms with E-state index in [2.05, 4.69) is 44.8 Å². The molecule has 90 valence electrons. The van der Waals surface area contributed by atoms with E-state index in [1.165, 1.54) is 37.3 Å². The Kier molecular flexibility index (Phi) is 5.48. The molecule has 1 N–H and O–H groups in total. The molecule has 2 heteroatoms. The molecule has 1 aliphatic rings. The molecular formula is C13H27NS. The van der Waals surface area contributed by atoms with E-state index >= 15 is 0 Å². The predicted molar refractivity (Wildman–Crippen MR) is 71.6 cm³/mol. The van der Waals surface area contributed by atoms with Crippen molar-refractivity contribution in [3.8, 4) is 0 Å².